The molecule has 0 saturated heterocycles. The second kappa shape index (κ2) is 8.69. The van der Waals surface area contributed by atoms with Crippen molar-refractivity contribution in [1.82, 2.24) is 19.9 Å². The predicted molar refractivity (Wildman–Crippen MR) is 113 cm³/mol. The van der Waals surface area contributed by atoms with Gasteiger partial charge in [-0.15, -0.1) is 0 Å². The molecule has 2 aromatic heterocycles. The van der Waals surface area contributed by atoms with Crippen molar-refractivity contribution in [1.29, 1.82) is 0 Å². The highest BCUT2D eigenvalue weighted by Crippen LogP contribution is 2.23. The van der Waals surface area contributed by atoms with Crippen molar-refractivity contribution in [2.45, 2.75) is 18.7 Å². The number of anilines is 4. The van der Waals surface area contributed by atoms with E-state index in [0.29, 0.717) is 28.5 Å². The summed E-state index contributed by atoms with van der Waals surface area (Å²) in [6.45, 7) is 3.46. The van der Waals surface area contributed by atoms with Crippen molar-refractivity contribution in [2.24, 2.45) is 5.16 Å². The van der Waals surface area contributed by atoms with E-state index in [-0.39, 0.29) is 16.5 Å². The lowest BCUT2D eigenvalue weighted by molar-refractivity contribution is 0.215. The summed E-state index contributed by atoms with van der Waals surface area (Å²) in [6, 6.07) is 6.10. The predicted octanol–water partition coefficient (Wildman–Crippen LogP) is 1.99. The molecule has 0 aliphatic carbocycles. The third-order valence-electron chi connectivity index (χ3n) is 3.93. The molecular weight excluding hydrogens is 408 g/mol. The van der Waals surface area contributed by atoms with E-state index in [1.165, 1.54) is 38.0 Å². The summed E-state index contributed by atoms with van der Waals surface area (Å²) in [5.41, 5.74) is 8.07. The van der Waals surface area contributed by atoms with Crippen LogP contribution in [-0.4, -0.2) is 41.7 Å². The van der Waals surface area contributed by atoms with Crippen LogP contribution in [0.1, 0.15) is 17.0 Å². The van der Waals surface area contributed by atoms with Crippen molar-refractivity contribution in [3.8, 4) is 0 Å². The lowest BCUT2D eigenvalue weighted by atomic mass is 10.2. The van der Waals surface area contributed by atoms with Crippen molar-refractivity contribution in [2.75, 3.05) is 22.9 Å². The quantitative estimate of drug-likeness (QED) is 0.378. The van der Waals surface area contributed by atoms with E-state index in [4.69, 9.17) is 5.73 Å². The van der Waals surface area contributed by atoms with Gasteiger partial charge >= 0.3 is 0 Å². The standard InChI is InChI=1S/C18H20N8O3S/c1-11-8-20-17(12(2)24-11)26-30(27,28)14-6-4-13(5-7-14)25-18-15(9-23-29-3)16(19)21-10-22-18/h4-10H,1-3H3,(H,20,26)(H3,19,21,22,25)/b23-9+. The van der Waals surface area contributed by atoms with Crippen molar-refractivity contribution >= 4 is 39.4 Å². The van der Waals surface area contributed by atoms with Crippen LogP contribution in [0.5, 0.6) is 0 Å². The zero-order chi connectivity index (χ0) is 21.7. The number of nitrogens with two attached hydrogens (primary N) is 1. The Morgan fingerprint density at radius 1 is 1.10 bits per heavy atom. The smallest absolute Gasteiger partial charge is 0.263 e. The Balaban J connectivity index is 1.81. The molecule has 0 fully saturated rings. The Bertz CT molecular complexity index is 1180. The first kappa shape index (κ1) is 20.9. The average molecular weight is 428 g/mol. The largest absolute Gasteiger partial charge is 0.399 e. The van der Waals surface area contributed by atoms with Crippen LogP contribution in [0.4, 0.5) is 23.1 Å². The number of nitrogens with zero attached hydrogens (tertiary/aromatic N) is 5. The van der Waals surface area contributed by atoms with Crippen LogP contribution in [0.25, 0.3) is 0 Å². The van der Waals surface area contributed by atoms with E-state index in [0.717, 1.165) is 0 Å². The second-order valence-electron chi connectivity index (χ2n) is 6.14. The van der Waals surface area contributed by atoms with Crippen LogP contribution in [-0.2, 0) is 14.9 Å². The maximum atomic E-state index is 12.7. The van der Waals surface area contributed by atoms with Gasteiger partial charge in [0.15, 0.2) is 5.82 Å². The molecule has 0 aliphatic heterocycles. The average Bonchev–Trinajstić information content (AvgIpc) is 2.70. The van der Waals surface area contributed by atoms with Gasteiger partial charge in [0.25, 0.3) is 10.0 Å². The number of nitrogen functional groups attached to an aromatic ring is 1. The molecule has 0 saturated carbocycles. The first-order valence-corrected chi connectivity index (χ1v) is 10.2. The highest BCUT2D eigenvalue weighted by atomic mass is 32.2. The Labute approximate surface area is 173 Å². The highest BCUT2D eigenvalue weighted by Gasteiger charge is 2.17. The molecule has 12 heteroatoms. The fourth-order valence-corrected chi connectivity index (χ4v) is 3.55. The van der Waals surface area contributed by atoms with Crippen molar-refractivity contribution in [3.05, 3.63) is 53.7 Å². The zero-order valence-corrected chi connectivity index (χ0v) is 17.3. The lowest BCUT2D eigenvalue weighted by Gasteiger charge is -2.12. The van der Waals surface area contributed by atoms with Gasteiger partial charge in [0, 0.05) is 5.69 Å². The van der Waals surface area contributed by atoms with Crippen LogP contribution >= 0.6 is 0 Å². The number of oxime groups is 1. The number of rotatable bonds is 7. The number of aromatic nitrogens is 4. The Hall–Kier alpha value is -3.80. The molecule has 3 rings (SSSR count). The monoisotopic (exact) mass is 428 g/mol. The SMILES string of the molecule is CO/N=C/c1c(N)ncnc1Nc1ccc(S(=O)(=O)Nc2ncc(C)nc2C)cc1. The van der Waals surface area contributed by atoms with Gasteiger partial charge in [-0.2, -0.15) is 0 Å². The summed E-state index contributed by atoms with van der Waals surface area (Å²) in [5, 5.41) is 6.73. The van der Waals surface area contributed by atoms with E-state index in [1.807, 2.05) is 0 Å². The zero-order valence-electron chi connectivity index (χ0n) is 16.5. The molecule has 0 amide bonds. The minimum absolute atomic E-state index is 0.0678. The molecule has 2 heterocycles. The molecule has 4 N–H and O–H groups in total. The first-order chi connectivity index (χ1) is 14.3. The van der Waals surface area contributed by atoms with Crippen LogP contribution in [0, 0.1) is 13.8 Å². The van der Waals surface area contributed by atoms with Gasteiger partial charge in [-0.1, -0.05) is 5.16 Å². The number of hydrogen-bond donors (Lipinski definition) is 3. The highest BCUT2D eigenvalue weighted by molar-refractivity contribution is 7.92. The molecule has 0 bridgehead atoms. The molecule has 1 aromatic carbocycles. The van der Waals surface area contributed by atoms with E-state index in [2.05, 4.69) is 40.0 Å². The third kappa shape index (κ3) is 4.78. The van der Waals surface area contributed by atoms with Gasteiger partial charge in [0.1, 0.15) is 25.1 Å². The number of hydrogen-bond acceptors (Lipinski definition) is 10. The van der Waals surface area contributed by atoms with Gasteiger partial charge in [0.05, 0.1) is 34.3 Å². The molecular formula is C18H20N8O3S. The van der Waals surface area contributed by atoms with Crippen molar-refractivity contribution in [3.63, 3.8) is 0 Å². The maximum absolute atomic E-state index is 12.7. The third-order valence-corrected chi connectivity index (χ3v) is 5.28. The summed E-state index contributed by atoms with van der Waals surface area (Å²) in [5.74, 6) is 0.787. The normalized spacial score (nSPS) is 11.4. The summed E-state index contributed by atoms with van der Waals surface area (Å²) in [7, 11) is -2.43. The molecule has 0 atom stereocenters. The molecule has 11 nitrogen and oxygen atoms in total. The minimum Gasteiger partial charge on any atom is -0.399 e. The van der Waals surface area contributed by atoms with Gasteiger partial charge in [-0.3, -0.25) is 9.71 Å². The van der Waals surface area contributed by atoms with Gasteiger partial charge in [-0.05, 0) is 38.1 Å². The van der Waals surface area contributed by atoms with Gasteiger partial charge in [0.2, 0.25) is 0 Å². The molecule has 156 valence electrons. The summed E-state index contributed by atoms with van der Waals surface area (Å²) >= 11 is 0. The number of nitrogens with one attached hydrogen (secondary N) is 2. The summed E-state index contributed by atoms with van der Waals surface area (Å²) in [6.07, 6.45) is 4.18. The molecule has 30 heavy (non-hydrogen) atoms. The van der Waals surface area contributed by atoms with Crippen LogP contribution in [0.3, 0.4) is 0 Å². The van der Waals surface area contributed by atoms with Gasteiger partial charge in [-0.25, -0.2) is 23.4 Å². The second-order valence-corrected chi connectivity index (χ2v) is 7.82. The Morgan fingerprint density at radius 2 is 1.83 bits per heavy atom. The topological polar surface area (TPSA) is 157 Å². The summed E-state index contributed by atoms with van der Waals surface area (Å²) in [4.78, 5) is 21.1. The Morgan fingerprint density at radius 3 is 2.50 bits per heavy atom. The van der Waals surface area contributed by atoms with Gasteiger partial charge < -0.3 is 15.9 Å². The van der Waals surface area contributed by atoms with E-state index >= 15 is 0 Å². The molecule has 0 unspecified atom stereocenters. The molecule has 0 aliphatic rings. The number of sulfonamides is 1. The number of aryl methyl sites for hydroxylation is 2. The Kier molecular flexibility index (Phi) is 6.06. The molecule has 3 aromatic rings. The molecule has 0 radical (unpaired) electrons. The number of benzene rings is 1. The van der Waals surface area contributed by atoms with E-state index in [1.54, 1.807) is 26.0 Å². The van der Waals surface area contributed by atoms with E-state index < -0.39 is 10.0 Å². The van der Waals surface area contributed by atoms with Crippen LogP contribution in [0.15, 0.2) is 46.8 Å². The molecule has 0 spiro atoms. The fourth-order valence-electron chi connectivity index (χ4n) is 2.48. The maximum Gasteiger partial charge on any atom is 0.263 e. The lowest BCUT2D eigenvalue weighted by Crippen LogP contribution is -2.15. The van der Waals surface area contributed by atoms with Crippen LogP contribution < -0.4 is 15.8 Å². The fraction of sp³-hybridized carbons (Fsp3) is 0.167. The summed E-state index contributed by atoms with van der Waals surface area (Å²) < 4.78 is 27.8. The first-order valence-electron chi connectivity index (χ1n) is 8.67. The van der Waals surface area contributed by atoms with Crippen LogP contribution in [0.2, 0.25) is 0 Å². The van der Waals surface area contributed by atoms with E-state index in [9.17, 15) is 8.42 Å². The minimum atomic E-state index is -3.83. The van der Waals surface area contributed by atoms with Crippen molar-refractivity contribution < 1.29 is 13.3 Å².